The zero-order valence-electron chi connectivity index (χ0n) is 13.1. The summed E-state index contributed by atoms with van der Waals surface area (Å²) in [5, 5.41) is 4.77. The van der Waals surface area contributed by atoms with Crippen molar-refractivity contribution in [1.29, 1.82) is 0 Å². The quantitative estimate of drug-likeness (QED) is 0.789. The van der Waals surface area contributed by atoms with Crippen molar-refractivity contribution in [3.05, 3.63) is 53.8 Å². The van der Waals surface area contributed by atoms with Crippen LogP contribution in [0.2, 0.25) is 0 Å². The van der Waals surface area contributed by atoms with Gasteiger partial charge < -0.3 is 10.3 Å². The Hall–Kier alpha value is -2.80. The summed E-state index contributed by atoms with van der Waals surface area (Å²) < 4.78 is 5.22. The number of carbonyl (C=O) groups excluding carboxylic acids is 1. The van der Waals surface area contributed by atoms with Crippen molar-refractivity contribution < 1.29 is 9.32 Å². The van der Waals surface area contributed by atoms with E-state index in [1.165, 1.54) is 0 Å². The third kappa shape index (κ3) is 2.74. The Morgan fingerprint density at radius 1 is 1.25 bits per heavy atom. The number of hydrogen-bond donors (Lipinski definition) is 1. The molecule has 1 amide bonds. The van der Waals surface area contributed by atoms with E-state index in [2.05, 4.69) is 27.2 Å². The Kier molecular flexibility index (Phi) is 3.70. The summed E-state index contributed by atoms with van der Waals surface area (Å²) in [6.07, 6.45) is 1.94. The molecule has 0 unspecified atom stereocenters. The average Bonchev–Trinajstić information content (AvgIpc) is 3.23. The molecule has 2 aromatic heterocycles. The van der Waals surface area contributed by atoms with Gasteiger partial charge in [-0.25, -0.2) is 0 Å². The van der Waals surface area contributed by atoms with Crippen molar-refractivity contribution in [3.8, 4) is 0 Å². The Morgan fingerprint density at radius 3 is 2.96 bits per heavy atom. The molecular formula is C17H17N5O2. The highest BCUT2D eigenvalue weighted by atomic mass is 16.5. The van der Waals surface area contributed by atoms with E-state index in [0.29, 0.717) is 12.4 Å². The zero-order valence-corrected chi connectivity index (χ0v) is 13.1. The van der Waals surface area contributed by atoms with Crippen LogP contribution in [0.15, 0.2) is 40.9 Å². The molecule has 0 bridgehead atoms. The average molecular weight is 323 g/mol. The summed E-state index contributed by atoms with van der Waals surface area (Å²) in [7, 11) is 0. The molecule has 1 atom stereocenters. The maximum absolute atomic E-state index is 11.1. The molecule has 0 aliphatic carbocycles. The third-order valence-electron chi connectivity index (χ3n) is 4.33. The van der Waals surface area contributed by atoms with E-state index in [1.807, 2.05) is 24.3 Å². The van der Waals surface area contributed by atoms with Gasteiger partial charge in [-0.15, -0.1) is 0 Å². The highest BCUT2D eigenvalue weighted by molar-refractivity contribution is 5.88. The topological polar surface area (TPSA) is 98.1 Å². The summed E-state index contributed by atoms with van der Waals surface area (Å²) in [5.41, 5.74) is 7.17. The molecule has 0 spiro atoms. The van der Waals surface area contributed by atoms with Crippen LogP contribution in [-0.4, -0.2) is 32.5 Å². The maximum Gasteiger partial charge on any atom is 0.290 e. The molecule has 1 aromatic carbocycles. The minimum Gasteiger partial charge on any atom is -0.363 e. The molecule has 4 rings (SSSR count). The van der Waals surface area contributed by atoms with Gasteiger partial charge in [-0.1, -0.05) is 29.4 Å². The number of amides is 1. The van der Waals surface area contributed by atoms with E-state index in [0.717, 1.165) is 36.0 Å². The number of aromatic nitrogens is 3. The van der Waals surface area contributed by atoms with Crippen LogP contribution in [0.4, 0.5) is 0 Å². The molecule has 122 valence electrons. The van der Waals surface area contributed by atoms with Crippen molar-refractivity contribution in [3.63, 3.8) is 0 Å². The van der Waals surface area contributed by atoms with Crippen LogP contribution in [0.25, 0.3) is 10.9 Å². The number of nitrogens with two attached hydrogens (primary N) is 1. The number of likely N-dealkylation sites (tertiary alicyclic amines) is 1. The number of pyridine rings is 1. The van der Waals surface area contributed by atoms with Crippen molar-refractivity contribution in [1.82, 2.24) is 20.0 Å². The number of benzene rings is 1. The molecule has 3 aromatic rings. The lowest BCUT2D eigenvalue weighted by Gasteiger charge is -2.21. The van der Waals surface area contributed by atoms with Crippen LogP contribution in [0.3, 0.4) is 0 Å². The second-order valence-corrected chi connectivity index (χ2v) is 5.94. The first-order chi connectivity index (χ1) is 11.7. The highest BCUT2D eigenvalue weighted by Crippen LogP contribution is 2.32. The van der Waals surface area contributed by atoms with Gasteiger partial charge in [0, 0.05) is 11.9 Å². The fourth-order valence-corrected chi connectivity index (χ4v) is 3.17. The number of nitrogens with zero attached hydrogens (tertiary/aromatic N) is 4. The molecule has 3 heterocycles. The molecule has 1 fully saturated rings. The van der Waals surface area contributed by atoms with E-state index < -0.39 is 5.91 Å². The SMILES string of the molecule is NC(=O)c1noc([C@@H]2CCCN2Cc2ccc3ccccc3n2)n1. The first-order valence-corrected chi connectivity index (χ1v) is 7.93. The molecular weight excluding hydrogens is 306 g/mol. The standard InChI is InChI=1S/C17H17N5O2/c18-15(23)16-20-17(24-21-16)14-6-3-9-22(14)10-12-8-7-11-4-1-2-5-13(11)19-12/h1-2,4-5,7-8,14H,3,6,9-10H2,(H2,18,23)/t14-/m0/s1. The molecule has 7 heteroatoms. The van der Waals surface area contributed by atoms with Crippen LogP contribution in [-0.2, 0) is 6.54 Å². The van der Waals surface area contributed by atoms with Crippen LogP contribution >= 0.6 is 0 Å². The van der Waals surface area contributed by atoms with Gasteiger partial charge >= 0.3 is 0 Å². The van der Waals surface area contributed by atoms with Crippen molar-refractivity contribution in [2.24, 2.45) is 5.73 Å². The Labute approximate surface area is 138 Å². The molecule has 0 radical (unpaired) electrons. The molecule has 1 aliphatic heterocycles. The van der Waals surface area contributed by atoms with Gasteiger partial charge in [-0.2, -0.15) is 4.98 Å². The Balaban J connectivity index is 1.56. The van der Waals surface area contributed by atoms with E-state index in [4.69, 9.17) is 15.2 Å². The smallest absolute Gasteiger partial charge is 0.290 e. The van der Waals surface area contributed by atoms with E-state index >= 15 is 0 Å². The number of fused-ring (bicyclic) bond motifs is 1. The zero-order chi connectivity index (χ0) is 16.5. The normalized spacial score (nSPS) is 18.2. The van der Waals surface area contributed by atoms with Gasteiger partial charge in [0.15, 0.2) is 0 Å². The monoisotopic (exact) mass is 323 g/mol. The van der Waals surface area contributed by atoms with Crippen molar-refractivity contribution >= 4 is 16.8 Å². The van der Waals surface area contributed by atoms with Gasteiger partial charge in [0.05, 0.1) is 17.3 Å². The second kappa shape index (κ2) is 6.01. The summed E-state index contributed by atoms with van der Waals surface area (Å²) in [6, 6.07) is 12.2. The highest BCUT2D eigenvalue weighted by Gasteiger charge is 2.31. The lowest BCUT2D eigenvalue weighted by Crippen LogP contribution is -2.23. The minimum absolute atomic E-state index is 0.00105. The largest absolute Gasteiger partial charge is 0.363 e. The fourth-order valence-electron chi connectivity index (χ4n) is 3.17. The van der Waals surface area contributed by atoms with Crippen LogP contribution < -0.4 is 5.73 Å². The minimum atomic E-state index is -0.675. The predicted molar refractivity (Wildman–Crippen MR) is 86.9 cm³/mol. The molecule has 2 N–H and O–H groups in total. The van der Waals surface area contributed by atoms with Gasteiger partial charge in [0.1, 0.15) is 0 Å². The molecule has 0 saturated carbocycles. The Bertz CT molecular complexity index is 891. The van der Waals surface area contributed by atoms with Crippen LogP contribution in [0, 0.1) is 0 Å². The fraction of sp³-hybridized carbons (Fsp3) is 0.294. The summed E-state index contributed by atoms with van der Waals surface area (Å²) in [4.78, 5) is 22.2. The second-order valence-electron chi connectivity index (χ2n) is 5.94. The first-order valence-electron chi connectivity index (χ1n) is 7.93. The maximum atomic E-state index is 11.1. The molecule has 7 nitrogen and oxygen atoms in total. The first kappa shape index (κ1) is 14.8. The number of hydrogen-bond acceptors (Lipinski definition) is 6. The summed E-state index contributed by atoms with van der Waals surface area (Å²) >= 11 is 0. The number of rotatable bonds is 4. The Morgan fingerprint density at radius 2 is 2.12 bits per heavy atom. The molecule has 1 aliphatic rings. The molecule has 1 saturated heterocycles. The van der Waals surface area contributed by atoms with Crippen LogP contribution in [0.1, 0.15) is 41.1 Å². The number of carbonyl (C=O) groups is 1. The number of primary amides is 1. The van der Waals surface area contributed by atoms with Gasteiger partial charge in [0.25, 0.3) is 11.7 Å². The van der Waals surface area contributed by atoms with Crippen LogP contribution in [0.5, 0.6) is 0 Å². The van der Waals surface area contributed by atoms with Crippen molar-refractivity contribution in [2.45, 2.75) is 25.4 Å². The third-order valence-corrected chi connectivity index (χ3v) is 4.33. The van der Waals surface area contributed by atoms with E-state index in [-0.39, 0.29) is 11.9 Å². The van der Waals surface area contributed by atoms with E-state index in [1.54, 1.807) is 0 Å². The predicted octanol–water partition coefficient (Wildman–Crippen LogP) is 2.05. The summed E-state index contributed by atoms with van der Waals surface area (Å²) in [5.74, 6) is -0.298. The summed E-state index contributed by atoms with van der Waals surface area (Å²) in [6.45, 7) is 1.62. The van der Waals surface area contributed by atoms with E-state index in [9.17, 15) is 4.79 Å². The lowest BCUT2D eigenvalue weighted by atomic mass is 10.2. The van der Waals surface area contributed by atoms with Gasteiger partial charge in [-0.3, -0.25) is 14.7 Å². The lowest BCUT2D eigenvalue weighted by molar-refractivity contribution is 0.0987. The molecule has 24 heavy (non-hydrogen) atoms. The number of para-hydroxylation sites is 1. The van der Waals surface area contributed by atoms with Crippen molar-refractivity contribution in [2.75, 3.05) is 6.54 Å². The van der Waals surface area contributed by atoms with Gasteiger partial charge in [0.2, 0.25) is 5.89 Å². The van der Waals surface area contributed by atoms with Gasteiger partial charge in [-0.05, 0) is 31.5 Å².